The molecule has 1 aliphatic carbocycles. The SMILES string of the molecule is NC[C@H]1CCC[C@H]1C(=O)NC(Cc1ccccc1)C(=O)Nc1ccccc1. The van der Waals surface area contributed by atoms with Crippen molar-refractivity contribution >= 4 is 17.5 Å². The second-order valence-electron chi connectivity index (χ2n) is 7.14. The summed E-state index contributed by atoms with van der Waals surface area (Å²) in [6.45, 7) is 0.512. The van der Waals surface area contributed by atoms with Gasteiger partial charge in [0.05, 0.1) is 0 Å². The number of amides is 2. The van der Waals surface area contributed by atoms with Gasteiger partial charge in [0.2, 0.25) is 11.8 Å². The van der Waals surface area contributed by atoms with Crippen LogP contribution in [-0.2, 0) is 16.0 Å². The lowest BCUT2D eigenvalue weighted by molar-refractivity contribution is -0.130. The van der Waals surface area contributed by atoms with Gasteiger partial charge in [-0.05, 0) is 43.0 Å². The normalized spacial score (nSPS) is 20.0. The van der Waals surface area contributed by atoms with Crippen molar-refractivity contribution in [2.45, 2.75) is 31.7 Å². The minimum absolute atomic E-state index is 0.0629. The third-order valence-electron chi connectivity index (χ3n) is 5.26. The fourth-order valence-corrected chi connectivity index (χ4v) is 3.75. The number of rotatable bonds is 7. The Balaban J connectivity index is 1.72. The second kappa shape index (κ2) is 9.33. The quantitative estimate of drug-likeness (QED) is 0.705. The average Bonchev–Trinajstić information content (AvgIpc) is 3.18. The zero-order valence-corrected chi connectivity index (χ0v) is 15.4. The molecule has 0 bridgehead atoms. The molecule has 5 nitrogen and oxygen atoms in total. The minimum Gasteiger partial charge on any atom is -0.344 e. The summed E-state index contributed by atoms with van der Waals surface area (Å²) >= 11 is 0. The van der Waals surface area contributed by atoms with Gasteiger partial charge in [-0.25, -0.2) is 0 Å². The third-order valence-corrected chi connectivity index (χ3v) is 5.26. The summed E-state index contributed by atoms with van der Waals surface area (Å²) < 4.78 is 0. The van der Waals surface area contributed by atoms with Crippen LogP contribution in [0.3, 0.4) is 0 Å². The van der Waals surface area contributed by atoms with E-state index < -0.39 is 6.04 Å². The molecule has 2 aromatic rings. The maximum absolute atomic E-state index is 12.9. The second-order valence-corrected chi connectivity index (χ2v) is 7.14. The van der Waals surface area contributed by atoms with E-state index in [4.69, 9.17) is 5.73 Å². The van der Waals surface area contributed by atoms with Crippen molar-refractivity contribution in [3.8, 4) is 0 Å². The van der Waals surface area contributed by atoms with E-state index in [1.54, 1.807) is 0 Å². The van der Waals surface area contributed by atoms with Gasteiger partial charge < -0.3 is 16.4 Å². The summed E-state index contributed by atoms with van der Waals surface area (Å²) in [4.78, 5) is 25.7. The van der Waals surface area contributed by atoms with Crippen molar-refractivity contribution in [2.24, 2.45) is 17.6 Å². The van der Waals surface area contributed by atoms with Gasteiger partial charge >= 0.3 is 0 Å². The molecule has 0 heterocycles. The maximum atomic E-state index is 12.9. The minimum atomic E-state index is -0.626. The monoisotopic (exact) mass is 365 g/mol. The third kappa shape index (κ3) is 5.17. The van der Waals surface area contributed by atoms with Crippen molar-refractivity contribution in [2.75, 3.05) is 11.9 Å². The highest BCUT2D eigenvalue weighted by Gasteiger charge is 2.34. The van der Waals surface area contributed by atoms with E-state index in [9.17, 15) is 9.59 Å². The van der Waals surface area contributed by atoms with E-state index in [1.807, 2.05) is 60.7 Å². The standard InChI is InChI=1S/C22H27N3O2/c23-15-17-10-7-13-19(17)21(26)25-20(14-16-8-3-1-4-9-16)22(27)24-18-11-5-2-6-12-18/h1-6,8-9,11-12,17,19-20H,7,10,13-15,23H2,(H,24,27)(H,25,26)/t17-,19-,20?/m1/s1. The molecule has 0 radical (unpaired) electrons. The van der Waals surface area contributed by atoms with E-state index >= 15 is 0 Å². The van der Waals surface area contributed by atoms with Crippen molar-refractivity contribution < 1.29 is 9.59 Å². The largest absolute Gasteiger partial charge is 0.344 e. The van der Waals surface area contributed by atoms with Crippen LogP contribution < -0.4 is 16.4 Å². The number of carbonyl (C=O) groups is 2. The van der Waals surface area contributed by atoms with Crippen LogP contribution in [0.4, 0.5) is 5.69 Å². The molecule has 1 fully saturated rings. The first kappa shape index (κ1) is 19.1. The van der Waals surface area contributed by atoms with Crippen LogP contribution in [0.2, 0.25) is 0 Å². The van der Waals surface area contributed by atoms with Crippen molar-refractivity contribution in [1.29, 1.82) is 0 Å². The summed E-state index contributed by atoms with van der Waals surface area (Å²) in [5.41, 5.74) is 7.54. The van der Waals surface area contributed by atoms with Crippen LogP contribution in [0.15, 0.2) is 60.7 Å². The van der Waals surface area contributed by atoms with Crippen LogP contribution in [0.25, 0.3) is 0 Å². The van der Waals surface area contributed by atoms with Gasteiger partial charge in [0.25, 0.3) is 0 Å². The van der Waals surface area contributed by atoms with Gasteiger partial charge in [-0.2, -0.15) is 0 Å². The topological polar surface area (TPSA) is 84.2 Å². The molecular weight excluding hydrogens is 338 g/mol. The van der Waals surface area contributed by atoms with Gasteiger partial charge in [-0.1, -0.05) is 55.0 Å². The molecule has 3 rings (SSSR count). The highest BCUT2D eigenvalue weighted by molar-refractivity contribution is 5.97. The number of hydrogen-bond donors (Lipinski definition) is 3. The Labute approximate surface area is 160 Å². The van der Waals surface area contributed by atoms with E-state index in [-0.39, 0.29) is 23.7 Å². The van der Waals surface area contributed by atoms with Crippen LogP contribution in [0, 0.1) is 11.8 Å². The van der Waals surface area contributed by atoms with Crippen molar-refractivity contribution in [1.82, 2.24) is 5.32 Å². The van der Waals surface area contributed by atoms with E-state index in [0.29, 0.717) is 13.0 Å². The van der Waals surface area contributed by atoms with Gasteiger partial charge in [-0.15, -0.1) is 0 Å². The van der Waals surface area contributed by atoms with Crippen LogP contribution in [-0.4, -0.2) is 24.4 Å². The number of nitrogens with one attached hydrogen (secondary N) is 2. The number of benzene rings is 2. The van der Waals surface area contributed by atoms with Crippen molar-refractivity contribution in [3.63, 3.8) is 0 Å². The molecule has 27 heavy (non-hydrogen) atoms. The predicted octanol–water partition coefficient (Wildman–Crippen LogP) is 2.73. The first-order valence-corrected chi connectivity index (χ1v) is 9.57. The molecule has 0 saturated heterocycles. The Morgan fingerprint density at radius 3 is 2.33 bits per heavy atom. The molecule has 0 aliphatic heterocycles. The Hall–Kier alpha value is -2.66. The molecule has 142 valence electrons. The highest BCUT2D eigenvalue weighted by Crippen LogP contribution is 2.31. The molecule has 2 amide bonds. The molecule has 1 saturated carbocycles. The Morgan fingerprint density at radius 2 is 1.67 bits per heavy atom. The van der Waals surface area contributed by atoms with Gasteiger partial charge in [-0.3, -0.25) is 9.59 Å². The lowest BCUT2D eigenvalue weighted by atomic mass is 9.94. The molecule has 0 spiro atoms. The van der Waals surface area contributed by atoms with E-state index in [1.165, 1.54) is 0 Å². The molecule has 4 N–H and O–H groups in total. The highest BCUT2D eigenvalue weighted by atomic mass is 16.2. The maximum Gasteiger partial charge on any atom is 0.247 e. The molecule has 0 aromatic heterocycles. The van der Waals surface area contributed by atoms with Gasteiger partial charge in [0.15, 0.2) is 0 Å². The molecular formula is C22H27N3O2. The smallest absolute Gasteiger partial charge is 0.247 e. The molecule has 3 atom stereocenters. The van der Waals surface area contributed by atoms with Crippen LogP contribution in [0.5, 0.6) is 0 Å². The summed E-state index contributed by atoms with van der Waals surface area (Å²) in [6, 6.07) is 18.4. The fourth-order valence-electron chi connectivity index (χ4n) is 3.75. The summed E-state index contributed by atoms with van der Waals surface area (Å²) in [5.74, 6) is -0.162. The lowest BCUT2D eigenvalue weighted by Gasteiger charge is -2.23. The van der Waals surface area contributed by atoms with E-state index in [2.05, 4.69) is 10.6 Å². The summed E-state index contributed by atoms with van der Waals surface area (Å²) in [7, 11) is 0. The zero-order chi connectivity index (χ0) is 19.1. The van der Waals surface area contributed by atoms with Crippen LogP contribution >= 0.6 is 0 Å². The number of para-hydroxylation sites is 1. The first-order valence-electron chi connectivity index (χ1n) is 9.57. The fraction of sp³-hybridized carbons (Fsp3) is 0.364. The van der Waals surface area contributed by atoms with Gasteiger partial charge in [0.1, 0.15) is 6.04 Å². The van der Waals surface area contributed by atoms with E-state index in [0.717, 1.165) is 30.5 Å². The molecule has 1 aliphatic rings. The predicted molar refractivity (Wildman–Crippen MR) is 107 cm³/mol. The summed E-state index contributed by atoms with van der Waals surface area (Å²) in [6.07, 6.45) is 3.28. The van der Waals surface area contributed by atoms with Crippen LogP contribution in [0.1, 0.15) is 24.8 Å². The number of hydrogen-bond acceptors (Lipinski definition) is 3. The number of nitrogens with two attached hydrogens (primary N) is 1. The summed E-state index contributed by atoms with van der Waals surface area (Å²) in [5, 5.41) is 5.89. The molecule has 1 unspecified atom stereocenters. The van der Waals surface area contributed by atoms with Crippen molar-refractivity contribution in [3.05, 3.63) is 66.2 Å². The Morgan fingerprint density at radius 1 is 1.00 bits per heavy atom. The van der Waals surface area contributed by atoms with Gasteiger partial charge in [0, 0.05) is 18.0 Å². The average molecular weight is 365 g/mol. The lowest BCUT2D eigenvalue weighted by Crippen LogP contribution is -2.48. The first-order chi connectivity index (χ1) is 13.2. The molecule has 2 aromatic carbocycles. The Bertz CT molecular complexity index is 749. The molecule has 5 heteroatoms. The number of carbonyl (C=O) groups excluding carboxylic acids is 2. The number of anilines is 1. The zero-order valence-electron chi connectivity index (χ0n) is 15.4. The Kier molecular flexibility index (Phi) is 6.60.